The van der Waals surface area contributed by atoms with Gasteiger partial charge in [0.1, 0.15) is 5.82 Å². The molecule has 17 heavy (non-hydrogen) atoms. The standard InChI is InChI=1S/C14H22FNO/c1-3-16-11-13(5-4-10-17-2)12-6-8-14(15)9-7-12/h6-9,13,16H,3-5,10-11H2,1-2H3. The summed E-state index contributed by atoms with van der Waals surface area (Å²) >= 11 is 0. The van der Waals surface area contributed by atoms with Gasteiger partial charge in [-0.05, 0) is 43.0 Å². The molecule has 0 saturated carbocycles. The fourth-order valence-electron chi connectivity index (χ4n) is 1.91. The third-order valence-corrected chi connectivity index (χ3v) is 2.88. The van der Waals surface area contributed by atoms with E-state index in [9.17, 15) is 4.39 Å². The van der Waals surface area contributed by atoms with Crippen molar-refractivity contribution in [1.29, 1.82) is 0 Å². The van der Waals surface area contributed by atoms with Crippen molar-refractivity contribution in [2.75, 3.05) is 26.8 Å². The molecule has 1 aromatic carbocycles. The molecule has 0 heterocycles. The first kappa shape index (κ1) is 14.1. The molecule has 0 aliphatic rings. The van der Waals surface area contributed by atoms with Gasteiger partial charge < -0.3 is 10.1 Å². The number of hydrogen-bond donors (Lipinski definition) is 1. The summed E-state index contributed by atoms with van der Waals surface area (Å²) in [6.07, 6.45) is 2.09. The van der Waals surface area contributed by atoms with Crippen molar-refractivity contribution in [3.63, 3.8) is 0 Å². The summed E-state index contributed by atoms with van der Waals surface area (Å²) in [5.41, 5.74) is 1.20. The van der Waals surface area contributed by atoms with Crippen LogP contribution in [0.5, 0.6) is 0 Å². The van der Waals surface area contributed by atoms with Gasteiger partial charge in [-0.1, -0.05) is 19.1 Å². The van der Waals surface area contributed by atoms with Crippen LogP contribution in [0.15, 0.2) is 24.3 Å². The summed E-state index contributed by atoms with van der Waals surface area (Å²) in [5.74, 6) is 0.263. The lowest BCUT2D eigenvalue weighted by molar-refractivity contribution is 0.190. The molecule has 0 spiro atoms. The van der Waals surface area contributed by atoms with Crippen LogP contribution < -0.4 is 5.32 Å². The van der Waals surface area contributed by atoms with E-state index < -0.39 is 0 Å². The Kier molecular flexibility index (Phi) is 6.82. The predicted octanol–water partition coefficient (Wildman–Crippen LogP) is 2.95. The van der Waals surface area contributed by atoms with Crippen molar-refractivity contribution in [2.24, 2.45) is 0 Å². The first-order chi connectivity index (χ1) is 8.27. The third kappa shape index (κ3) is 5.29. The van der Waals surface area contributed by atoms with Gasteiger partial charge in [-0.15, -0.1) is 0 Å². The van der Waals surface area contributed by atoms with Crippen molar-refractivity contribution in [3.05, 3.63) is 35.6 Å². The maximum absolute atomic E-state index is 12.9. The van der Waals surface area contributed by atoms with E-state index in [1.165, 1.54) is 17.7 Å². The Labute approximate surface area is 103 Å². The Bertz CT molecular complexity index is 300. The zero-order valence-electron chi connectivity index (χ0n) is 10.7. The number of nitrogens with one attached hydrogen (secondary N) is 1. The molecule has 1 aromatic rings. The molecule has 96 valence electrons. The van der Waals surface area contributed by atoms with Gasteiger partial charge in [-0.25, -0.2) is 4.39 Å². The van der Waals surface area contributed by atoms with Crippen LogP contribution in [0.2, 0.25) is 0 Å². The quantitative estimate of drug-likeness (QED) is 0.704. The van der Waals surface area contributed by atoms with E-state index in [1.54, 1.807) is 7.11 Å². The van der Waals surface area contributed by atoms with Gasteiger partial charge >= 0.3 is 0 Å². The van der Waals surface area contributed by atoms with Gasteiger partial charge in [0, 0.05) is 20.3 Å². The van der Waals surface area contributed by atoms with E-state index in [2.05, 4.69) is 12.2 Å². The Balaban J connectivity index is 2.57. The molecule has 2 nitrogen and oxygen atoms in total. The molecule has 0 radical (unpaired) electrons. The van der Waals surface area contributed by atoms with Crippen LogP contribution in [0.3, 0.4) is 0 Å². The summed E-state index contributed by atoms with van der Waals surface area (Å²) in [6.45, 7) is 4.77. The first-order valence-electron chi connectivity index (χ1n) is 6.23. The van der Waals surface area contributed by atoms with E-state index >= 15 is 0 Å². The molecular formula is C14H22FNO. The number of rotatable bonds is 8. The van der Waals surface area contributed by atoms with E-state index in [0.29, 0.717) is 5.92 Å². The highest BCUT2D eigenvalue weighted by atomic mass is 19.1. The maximum atomic E-state index is 12.9. The molecule has 0 saturated heterocycles. The smallest absolute Gasteiger partial charge is 0.123 e. The largest absolute Gasteiger partial charge is 0.385 e. The highest BCUT2D eigenvalue weighted by molar-refractivity contribution is 5.20. The lowest BCUT2D eigenvalue weighted by Crippen LogP contribution is -2.21. The Morgan fingerprint density at radius 3 is 2.59 bits per heavy atom. The second kappa shape index (κ2) is 8.20. The van der Waals surface area contributed by atoms with Crippen LogP contribution in [0.4, 0.5) is 4.39 Å². The normalized spacial score (nSPS) is 12.6. The molecule has 0 aromatic heterocycles. The van der Waals surface area contributed by atoms with Gasteiger partial charge in [0.25, 0.3) is 0 Å². The monoisotopic (exact) mass is 239 g/mol. The molecule has 0 bridgehead atoms. The van der Waals surface area contributed by atoms with E-state index in [-0.39, 0.29) is 5.82 Å². The topological polar surface area (TPSA) is 21.3 Å². The molecule has 1 N–H and O–H groups in total. The molecule has 1 rings (SSSR count). The predicted molar refractivity (Wildman–Crippen MR) is 68.8 cm³/mol. The minimum atomic E-state index is -0.173. The van der Waals surface area contributed by atoms with Crippen molar-refractivity contribution < 1.29 is 9.13 Å². The van der Waals surface area contributed by atoms with Crippen LogP contribution in [0.1, 0.15) is 31.2 Å². The van der Waals surface area contributed by atoms with Gasteiger partial charge in [0.15, 0.2) is 0 Å². The summed E-state index contributed by atoms with van der Waals surface area (Å²) in [4.78, 5) is 0. The van der Waals surface area contributed by atoms with Gasteiger partial charge in [0.05, 0.1) is 0 Å². The Morgan fingerprint density at radius 1 is 1.29 bits per heavy atom. The summed E-state index contributed by atoms with van der Waals surface area (Å²) < 4.78 is 17.9. The zero-order valence-corrected chi connectivity index (χ0v) is 10.7. The number of methoxy groups -OCH3 is 1. The Hall–Kier alpha value is -0.930. The molecule has 0 amide bonds. The molecular weight excluding hydrogens is 217 g/mol. The van der Waals surface area contributed by atoms with Crippen molar-refractivity contribution in [2.45, 2.75) is 25.7 Å². The summed E-state index contributed by atoms with van der Waals surface area (Å²) in [7, 11) is 1.72. The number of ether oxygens (including phenoxy) is 1. The fourth-order valence-corrected chi connectivity index (χ4v) is 1.91. The molecule has 1 atom stereocenters. The number of likely N-dealkylation sites (N-methyl/N-ethyl adjacent to an activating group) is 1. The lowest BCUT2D eigenvalue weighted by Gasteiger charge is -2.17. The van der Waals surface area contributed by atoms with Crippen molar-refractivity contribution in [3.8, 4) is 0 Å². The number of halogens is 1. The second-order valence-corrected chi connectivity index (χ2v) is 4.19. The van der Waals surface area contributed by atoms with Gasteiger partial charge in [-0.3, -0.25) is 0 Å². The molecule has 0 fully saturated rings. The average Bonchev–Trinajstić information content (AvgIpc) is 2.35. The highest BCUT2D eigenvalue weighted by Gasteiger charge is 2.10. The highest BCUT2D eigenvalue weighted by Crippen LogP contribution is 2.21. The molecule has 0 aliphatic carbocycles. The number of benzene rings is 1. The van der Waals surface area contributed by atoms with Crippen molar-refractivity contribution >= 4 is 0 Å². The SMILES string of the molecule is CCNCC(CCCOC)c1ccc(F)cc1. The molecule has 3 heteroatoms. The Morgan fingerprint density at radius 2 is 2.00 bits per heavy atom. The molecule has 0 aliphatic heterocycles. The van der Waals surface area contributed by atoms with Gasteiger partial charge in [0.2, 0.25) is 0 Å². The minimum absolute atomic E-state index is 0.173. The number of hydrogen-bond acceptors (Lipinski definition) is 2. The molecule has 1 unspecified atom stereocenters. The van der Waals surface area contributed by atoms with Gasteiger partial charge in [-0.2, -0.15) is 0 Å². The van der Waals surface area contributed by atoms with Crippen molar-refractivity contribution in [1.82, 2.24) is 5.32 Å². The van der Waals surface area contributed by atoms with E-state index in [1.807, 2.05) is 12.1 Å². The summed E-state index contributed by atoms with van der Waals surface area (Å²) in [6, 6.07) is 6.82. The van der Waals surface area contributed by atoms with E-state index in [0.717, 1.165) is 32.5 Å². The van der Waals surface area contributed by atoms with E-state index in [4.69, 9.17) is 4.74 Å². The first-order valence-corrected chi connectivity index (χ1v) is 6.23. The fraction of sp³-hybridized carbons (Fsp3) is 0.571. The van der Waals surface area contributed by atoms with Crippen LogP contribution >= 0.6 is 0 Å². The average molecular weight is 239 g/mol. The van der Waals surface area contributed by atoms with Crippen LogP contribution in [0.25, 0.3) is 0 Å². The summed E-state index contributed by atoms with van der Waals surface area (Å²) in [5, 5.41) is 3.35. The van der Waals surface area contributed by atoms with Crippen LogP contribution in [-0.2, 0) is 4.74 Å². The zero-order chi connectivity index (χ0) is 12.5. The lowest BCUT2D eigenvalue weighted by atomic mass is 9.94. The second-order valence-electron chi connectivity index (χ2n) is 4.19. The maximum Gasteiger partial charge on any atom is 0.123 e. The van der Waals surface area contributed by atoms with Crippen LogP contribution in [-0.4, -0.2) is 26.8 Å². The van der Waals surface area contributed by atoms with Crippen LogP contribution in [0, 0.1) is 5.82 Å². The minimum Gasteiger partial charge on any atom is -0.385 e. The third-order valence-electron chi connectivity index (χ3n) is 2.88.